The van der Waals surface area contributed by atoms with E-state index in [1.165, 1.54) is 0 Å². The van der Waals surface area contributed by atoms with Crippen LogP contribution in [0, 0.1) is 0 Å². The molecule has 1 atom stereocenters. The van der Waals surface area contributed by atoms with Crippen molar-refractivity contribution in [3.8, 4) is 0 Å². The molecular weight excluding hydrogens is 242 g/mol. The monoisotopic (exact) mass is 253 g/mol. The molecule has 0 aromatic heterocycles. The first-order valence-electron chi connectivity index (χ1n) is 4.33. The van der Waals surface area contributed by atoms with Crippen molar-refractivity contribution in [2.24, 2.45) is 0 Å². The lowest BCUT2D eigenvalue weighted by Gasteiger charge is -2.27. The molecule has 1 unspecified atom stereocenters. The number of carboxylic acids is 1. The molecular formula is C7H11NO7S. The van der Waals surface area contributed by atoms with E-state index in [-0.39, 0.29) is 19.4 Å². The van der Waals surface area contributed by atoms with Crippen molar-refractivity contribution in [3.63, 3.8) is 0 Å². The molecule has 8 nitrogen and oxygen atoms in total. The van der Waals surface area contributed by atoms with E-state index in [4.69, 9.17) is 5.11 Å². The maximum atomic E-state index is 11.3. The minimum absolute atomic E-state index is 0.0723. The van der Waals surface area contributed by atoms with Crippen LogP contribution in [0.1, 0.15) is 12.8 Å². The van der Waals surface area contributed by atoms with Gasteiger partial charge in [0.25, 0.3) is 0 Å². The number of aliphatic carboxylic acids is 1. The zero-order valence-electron chi connectivity index (χ0n) is 8.41. The van der Waals surface area contributed by atoms with E-state index in [0.29, 0.717) is 11.2 Å². The Hall–Kier alpha value is -1.35. The van der Waals surface area contributed by atoms with E-state index in [0.717, 1.165) is 0 Å². The van der Waals surface area contributed by atoms with Gasteiger partial charge in [-0.15, -0.1) is 0 Å². The van der Waals surface area contributed by atoms with Crippen LogP contribution in [0.5, 0.6) is 0 Å². The fourth-order valence-corrected chi connectivity index (χ4v) is 1.79. The molecule has 92 valence electrons. The first kappa shape index (κ1) is 12.7. The summed E-state index contributed by atoms with van der Waals surface area (Å²) in [5.74, 6) is -1.62. The fourth-order valence-electron chi connectivity index (χ4n) is 1.44. The molecule has 1 aliphatic rings. The Labute approximate surface area is 91.5 Å². The molecule has 0 aliphatic carbocycles. The highest BCUT2D eigenvalue weighted by molar-refractivity contribution is 7.86. The molecule has 0 aromatic carbocycles. The Morgan fingerprint density at radius 2 is 2.00 bits per heavy atom. The van der Waals surface area contributed by atoms with E-state index in [2.05, 4.69) is 4.18 Å². The number of carbonyl (C=O) groups excluding carboxylic acids is 1. The molecule has 0 aromatic rings. The molecule has 2 N–H and O–H groups in total. The van der Waals surface area contributed by atoms with Gasteiger partial charge < -0.3 is 14.4 Å². The van der Waals surface area contributed by atoms with Crippen LogP contribution in [-0.2, 0) is 19.1 Å². The van der Waals surface area contributed by atoms with Crippen molar-refractivity contribution in [3.05, 3.63) is 0 Å². The number of aliphatic hydroxyl groups is 1. The third-order valence-electron chi connectivity index (χ3n) is 2.14. The van der Waals surface area contributed by atoms with E-state index in [1.54, 1.807) is 0 Å². The minimum atomic E-state index is -4.03. The highest BCUT2D eigenvalue weighted by atomic mass is 32.2. The van der Waals surface area contributed by atoms with Gasteiger partial charge in [0.05, 0.1) is 6.26 Å². The summed E-state index contributed by atoms with van der Waals surface area (Å²) in [6.45, 7) is -0.0723. The second-order valence-corrected chi connectivity index (χ2v) is 5.01. The maximum Gasteiger partial charge on any atom is 0.428 e. The fraction of sp³-hybridized carbons (Fsp3) is 0.714. The van der Waals surface area contributed by atoms with Crippen molar-refractivity contribution in [1.82, 2.24) is 4.90 Å². The predicted molar refractivity (Wildman–Crippen MR) is 49.9 cm³/mol. The Balaban J connectivity index is 2.88. The number of hydrogen-bond donors (Lipinski definition) is 2. The molecule has 0 spiro atoms. The maximum absolute atomic E-state index is 11.3. The van der Waals surface area contributed by atoms with Gasteiger partial charge >= 0.3 is 22.2 Å². The zero-order chi connectivity index (χ0) is 12.6. The van der Waals surface area contributed by atoms with Crippen LogP contribution in [0.3, 0.4) is 0 Å². The molecule has 1 rings (SSSR count). The second-order valence-electron chi connectivity index (χ2n) is 3.43. The van der Waals surface area contributed by atoms with Crippen LogP contribution in [0.2, 0.25) is 0 Å². The molecule has 1 saturated heterocycles. The smallest absolute Gasteiger partial charge is 0.428 e. The van der Waals surface area contributed by atoms with Gasteiger partial charge in [0.1, 0.15) is 0 Å². The molecule has 0 saturated carbocycles. The Morgan fingerprint density at radius 1 is 1.44 bits per heavy atom. The molecule has 16 heavy (non-hydrogen) atoms. The summed E-state index contributed by atoms with van der Waals surface area (Å²) in [5, 5.41) is 18.4. The first-order valence-corrected chi connectivity index (χ1v) is 6.15. The Morgan fingerprint density at radius 3 is 2.44 bits per heavy atom. The largest absolute Gasteiger partial charge is 0.478 e. The summed E-state index contributed by atoms with van der Waals surface area (Å²) in [6, 6.07) is 0. The molecule has 0 radical (unpaired) electrons. The van der Waals surface area contributed by atoms with Crippen LogP contribution >= 0.6 is 0 Å². The number of carbonyl (C=O) groups is 2. The second kappa shape index (κ2) is 3.91. The molecule has 1 fully saturated rings. The SMILES string of the molecule is CS(=O)(=O)OC(=O)N1CCCC1(O)C(=O)O. The van der Waals surface area contributed by atoms with Crippen LogP contribution in [0.15, 0.2) is 0 Å². The van der Waals surface area contributed by atoms with Crippen LogP contribution in [0.4, 0.5) is 4.79 Å². The molecule has 1 amide bonds. The number of amides is 1. The summed E-state index contributed by atoms with van der Waals surface area (Å²) < 4.78 is 25.4. The van der Waals surface area contributed by atoms with Crippen molar-refractivity contribution >= 4 is 22.2 Å². The number of hydrogen-bond acceptors (Lipinski definition) is 6. The molecule has 9 heteroatoms. The normalized spacial score (nSPS) is 25.5. The van der Waals surface area contributed by atoms with E-state index >= 15 is 0 Å². The van der Waals surface area contributed by atoms with Gasteiger partial charge in [0.15, 0.2) is 0 Å². The van der Waals surface area contributed by atoms with Crippen LogP contribution < -0.4 is 0 Å². The number of carboxylic acid groups (broad SMARTS) is 1. The lowest BCUT2D eigenvalue weighted by Crippen LogP contribution is -2.53. The van der Waals surface area contributed by atoms with Crippen molar-refractivity contribution in [1.29, 1.82) is 0 Å². The first-order chi connectivity index (χ1) is 7.17. The summed E-state index contributed by atoms with van der Waals surface area (Å²) in [7, 11) is -4.03. The van der Waals surface area contributed by atoms with Crippen molar-refractivity contribution in [2.75, 3.05) is 12.8 Å². The highest BCUT2D eigenvalue weighted by Crippen LogP contribution is 2.27. The Bertz CT molecular complexity index is 416. The zero-order valence-corrected chi connectivity index (χ0v) is 9.23. The van der Waals surface area contributed by atoms with Gasteiger partial charge in [0.2, 0.25) is 5.72 Å². The average molecular weight is 253 g/mol. The Kier molecular flexibility index (Phi) is 3.10. The van der Waals surface area contributed by atoms with Crippen molar-refractivity contribution in [2.45, 2.75) is 18.6 Å². The summed E-state index contributed by atoms with van der Waals surface area (Å²) >= 11 is 0. The third kappa shape index (κ3) is 2.42. The van der Waals surface area contributed by atoms with Crippen LogP contribution in [-0.4, -0.2) is 54.1 Å². The lowest BCUT2D eigenvalue weighted by atomic mass is 10.1. The van der Waals surface area contributed by atoms with E-state index < -0.39 is 27.9 Å². The summed E-state index contributed by atoms with van der Waals surface area (Å²) in [5.41, 5.74) is -2.39. The number of likely N-dealkylation sites (tertiary alicyclic amines) is 1. The predicted octanol–water partition coefficient (Wildman–Crippen LogP) is -1.05. The summed E-state index contributed by atoms with van der Waals surface area (Å²) in [4.78, 5) is 22.5. The van der Waals surface area contributed by atoms with Gasteiger partial charge in [-0.3, -0.25) is 4.90 Å². The van der Waals surface area contributed by atoms with Gasteiger partial charge in [-0.05, 0) is 6.42 Å². The highest BCUT2D eigenvalue weighted by Gasteiger charge is 2.50. The molecule has 1 heterocycles. The average Bonchev–Trinajstić information content (AvgIpc) is 2.45. The van der Waals surface area contributed by atoms with Gasteiger partial charge in [-0.2, -0.15) is 8.42 Å². The van der Waals surface area contributed by atoms with Gasteiger partial charge in [-0.25, -0.2) is 9.59 Å². The van der Waals surface area contributed by atoms with Gasteiger partial charge in [0, 0.05) is 13.0 Å². The standard InChI is InChI=1S/C7H11NO7S/c1-16(13,14)15-6(11)8-4-2-3-7(8,12)5(9)10/h12H,2-4H2,1H3,(H,9,10). The summed E-state index contributed by atoms with van der Waals surface area (Å²) in [6.07, 6.45) is -0.645. The molecule has 0 bridgehead atoms. The lowest BCUT2D eigenvalue weighted by molar-refractivity contribution is -0.172. The minimum Gasteiger partial charge on any atom is -0.478 e. The quantitative estimate of drug-likeness (QED) is 0.602. The topological polar surface area (TPSA) is 121 Å². The molecule has 1 aliphatic heterocycles. The number of rotatable bonds is 2. The third-order valence-corrected chi connectivity index (χ3v) is 2.58. The van der Waals surface area contributed by atoms with E-state index in [9.17, 15) is 23.1 Å². The van der Waals surface area contributed by atoms with Crippen LogP contribution in [0.25, 0.3) is 0 Å². The van der Waals surface area contributed by atoms with Crippen molar-refractivity contribution < 1.29 is 32.4 Å². The number of nitrogens with zero attached hydrogens (tertiary/aromatic N) is 1. The van der Waals surface area contributed by atoms with Gasteiger partial charge in [-0.1, -0.05) is 0 Å². The van der Waals surface area contributed by atoms with E-state index in [1.807, 2.05) is 0 Å².